The van der Waals surface area contributed by atoms with Gasteiger partial charge < -0.3 is 10.4 Å². The number of aliphatic hydroxyl groups is 1. The van der Waals surface area contributed by atoms with Gasteiger partial charge in [-0.05, 0) is 55.6 Å². The van der Waals surface area contributed by atoms with Crippen LogP contribution in [0.2, 0.25) is 0 Å². The number of carbonyl (C=O) groups excluding carboxylic acids is 1. The normalized spacial score (nSPS) is 26.4. The van der Waals surface area contributed by atoms with E-state index in [1.54, 1.807) is 0 Å². The van der Waals surface area contributed by atoms with Gasteiger partial charge in [0, 0.05) is 37.4 Å². The third-order valence-electron chi connectivity index (χ3n) is 6.50. The molecule has 0 saturated heterocycles. The van der Waals surface area contributed by atoms with Crippen LogP contribution in [0.3, 0.4) is 0 Å². The van der Waals surface area contributed by atoms with E-state index in [1.165, 1.54) is 30.4 Å². The summed E-state index contributed by atoms with van der Waals surface area (Å²) in [6.45, 7) is 7.16. The van der Waals surface area contributed by atoms with Crippen molar-refractivity contribution in [2.24, 2.45) is 15.9 Å². The molecule has 0 bridgehead atoms. The van der Waals surface area contributed by atoms with E-state index < -0.39 is 0 Å². The van der Waals surface area contributed by atoms with Gasteiger partial charge in [-0.15, -0.1) is 0 Å². The van der Waals surface area contributed by atoms with Crippen LogP contribution < -0.4 is 5.32 Å². The lowest BCUT2D eigenvalue weighted by Gasteiger charge is -2.22. The summed E-state index contributed by atoms with van der Waals surface area (Å²) in [5, 5.41) is 13.4. The van der Waals surface area contributed by atoms with Gasteiger partial charge in [-0.1, -0.05) is 44.5 Å². The van der Waals surface area contributed by atoms with Crippen molar-refractivity contribution < 1.29 is 9.90 Å². The molecule has 6 heteroatoms. The predicted octanol–water partition coefficient (Wildman–Crippen LogP) is 4.47. The number of allylic oxidation sites excluding steroid dienone is 1. The maximum absolute atomic E-state index is 12.5. The van der Waals surface area contributed by atoms with Gasteiger partial charge in [0.05, 0.1) is 11.8 Å². The molecule has 3 rings (SSSR count). The standard InChI is InChI=1S/C24H37N3O2S/c1-4-16(2)23(27-18-9-6-5-7-10-18)22-21-17(15-20(29)26-13-8-14-28)11-12-19(21)30-24(22)25-3/h17-19,28H,2,4-15H2,1,3H3,(H,26,29). The Labute approximate surface area is 185 Å². The number of amides is 1. The fourth-order valence-corrected chi connectivity index (χ4v) is 6.24. The van der Waals surface area contributed by atoms with Gasteiger partial charge in [0.25, 0.3) is 0 Å². The first-order valence-electron chi connectivity index (χ1n) is 11.6. The van der Waals surface area contributed by atoms with Crippen LogP contribution in [0.1, 0.15) is 71.1 Å². The number of carbonyl (C=O) groups is 1. The Kier molecular flexibility index (Phi) is 8.75. The van der Waals surface area contributed by atoms with E-state index in [9.17, 15) is 4.79 Å². The van der Waals surface area contributed by atoms with Crippen molar-refractivity contribution in [3.8, 4) is 0 Å². The minimum absolute atomic E-state index is 0.0768. The summed E-state index contributed by atoms with van der Waals surface area (Å²) in [4.78, 5) is 22.4. The van der Waals surface area contributed by atoms with E-state index >= 15 is 0 Å². The fraction of sp³-hybridized carbons (Fsp3) is 0.708. The summed E-state index contributed by atoms with van der Waals surface area (Å²) in [7, 11) is 1.87. The lowest BCUT2D eigenvalue weighted by molar-refractivity contribution is -0.121. The third kappa shape index (κ3) is 5.44. The molecule has 2 atom stereocenters. The SMILES string of the molecule is C=C(CC)C(=NC1CCCCC1)C1=C2C(CC(=O)NCCCO)CCC2SC1=NC. The van der Waals surface area contributed by atoms with Crippen LogP contribution in [-0.4, -0.2) is 53.3 Å². The number of hydrogen-bond acceptors (Lipinski definition) is 5. The van der Waals surface area contributed by atoms with Crippen molar-refractivity contribution in [1.82, 2.24) is 5.32 Å². The molecule has 0 spiro atoms. The maximum Gasteiger partial charge on any atom is 0.220 e. The van der Waals surface area contributed by atoms with E-state index in [-0.39, 0.29) is 18.4 Å². The Morgan fingerprint density at radius 2 is 2.00 bits per heavy atom. The van der Waals surface area contributed by atoms with Crippen LogP contribution in [0.4, 0.5) is 0 Å². The van der Waals surface area contributed by atoms with E-state index in [0.29, 0.717) is 30.7 Å². The van der Waals surface area contributed by atoms with E-state index in [0.717, 1.165) is 48.4 Å². The van der Waals surface area contributed by atoms with Crippen molar-refractivity contribution in [1.29, 1.82) is 0 Å². The van der Waals surface area contributed by atoms with Crippen LogP contribution in [-0.2, 0) is 4.79 Å². The second kappa shape index (κ2) is 11.3. The van der Waals surface area contributed by atoms with Crippen LogP contribution >= 0.6 is 11.8 Å². The molecular weight excluding hydrogens is 394 g/mol. The molecule has 2 fully saturated rings. The summed E-state index contributed by atoms with van der Waals surface area (Å²) in [6.07, 6.45) is 10.3. The quantitative estimate of drug-likeness (QED) is 0.418. The topological polar surface area (TPSA) is 74.0 Å². The minimum atomic E-state index is 0.0768. The molecule has 2 saturated carbocycles. The zero-order valence-corrected chi connectivity index (χ0v) is 19.4. The zero-order valence-electron chi connectivity index (χ0n) is 18.6. The summed E-state index contributed by atoms with van der Waals surface area (Å²) in [6, 6.07) is 0.383. The smallest absolute Gasteiger partial charge is 0.220 e. The van der Waals surface area contributed by atoms with Gasteiger partial charge in [0.1, 0.15) is 5.04 Å². The van der Waals surface area contributed by atoms with E-state index in [1.807, 2.05) is 18.8 Å². The van der Waals surface area contributed by atoms with Gasteiger partial charge in [-0.2, -0.15) is 0 Å². The Morgan fingerprint density at radius 3 is 2.67 bits per heavy atom. The first-order chi connectivity index (χ1) is 14.6. The lowest BCUT2D eigenvalue weighted by atomic mass is 9.89. The molecule has 30 heavy (non-hydrogen) atoms. The molecule has 0 aromatic rings. The van der Waals surface area contributed by atoms with Crippen molar-refractivity contribution in [2.75, 3.05) is 20.2 Å². The fourth-order valence-electron chi connectivity index (χ4n) is 4.84. The highest BCUT2D eigenvalue weighted by molar-refractivity contribution is 8.15. The highest BCUT2D eigenvalue weighted by Crippen LogP contribution is 2.50. The molecule has 2 N–H and O–H groups in total. The van der Waals surface area contributed by atoms with Crippen molar-refractivity contribution in [3.05, 3.63) is 23.3 Å². The number of fused-ring (bicyclic) bond motifs is 1. The van der Waals surface area contributed by atoms with Crippen LogP contribution in [0.5, 0.6) is 0 Å². The van der Waals surface area contributed by atoms with Gasteiger partial charge in [-0.25, -0.2) is 0 Å². The first-order valence-corrected chi connectivity index (χ1v) is 12.5. The minimum Gasteiger partial charge on any atom is -0.396 e. The molecule has 0 aromatic carbocycles. The number of aliphatic imine (C=N–C) groups is 2. The number of aliphatic hydroxyl groups excluding tert-OH is 1. The second-order valence-corrected chi connectivity index (χ2v) is 9.79. The maximum atomic E-state index is 12.5. The number of rotatable bonds is 9. The molecule has 1 amide bonds. The van der Waals surface area contributed by atoms with Crippen molar-refractivity contribution in [2.45, 2.75) is 82.4 Å². The Balaban J connectivity index is 1.91. The first kappa shape index (κ1) is 23.3. The highest BCUT2D eigenvalue weighted by atomic mass is 32.2. The summed E-state index contributed by atoms with van der Waals surface area (Å²) >= 11 is 1.85. The lowest BCUT2D eigenvalue weighted by Crippen LogP contribution is -2.27. The Morgan fingerprint density at radius 1 is 1.23 bits per heavy atom. The summed E-state index contributed by atoms with van der Waals surface area (Å²) in [5.74, 6) is 0.319. The summed E-state index contributed by atoms with van der Waals surface area (Å²) < 4.78 is 0. The molecule has 0 radical (unpaired) electrons. The molecule has 2 unspecified atom stereocenters. The van der Waals surface area contributed by atoms with Crippen LogP contribution in [0.15, 0.2) is 33.3 Å². The molecule has 166 valence electrons. The molecule has 5 nitrogen and oxygen atoms in total. The predicted molar refractivity (Wildman–Crippen MR) is 128 cm³/mol. The highest BCUT2D eigenvalue weighted by Gasteiger charge is 2.42. The number of nitrogens with zero attached hydrogens (tertiary/aromatic N) is 2. The van der Waals surface area contributed by atoms with Crippen LogP contribution in [0, 0.1) is 5.92 Å². The largest absolute Gasteiger partial charge is 0.396 e. The van der Waals surface area contributed by atoms with E-state index in [4.69, 9.17) is 10.1 Å². The molecule has 3 aliphatic rings. The molecule has 1 heterocycles. The molecule has 1 aliphatic heterocycles. The Bertz CT molecular complexity index is 735. The number of nitrogens with one attached hydrogen (secondary N) is 1. The molecule has 2 aliphatic carbocycles. The monoisotopic (exact) mass is 431 g/mol. The van der Waals surface area contributed by atoms with Crippen LogP contribution in [0.25, 0.3) is 0 Å². The van der Waals surface area contributed by atoms with Gasteiger partial charge in [0.15, 0.2) is 0 Å². The number of hydrogen-bond donors (Lipinski definition) is 2. The third-order valence-corrected chi connectivity index (χ3v) is 7.88. The average Bonchev–Trinajstić information content (AvgIpc) is 3.32. The molecule has 0 aromatic heterocycles. The van der Waals surface area contributed by atoms with Crippen molar-refractivity contribution >= 4 is 28.4 Å². The average molecular weight is 432 g/mol. The summed E-state index contributed by atoms with van der Waals surface area (Å²) in [5.41, 5.74) is 4.71. The van der Waals surface area contributed by atoms with Gasteiger partial charge in [-0.3, -0.25) is 14.8 Å². The second-order valence-electron chi connectivity index (χ2n) is 8.60. The van der Waals surface area contributed by atoms with Crippen molar-refractivity contribution in [3.63, 3.8) is 0 Å². The molecular formula is C24H37N3O2S. The van der Waals surface area contributed by atoms with Gasteiger partial charge in [0.2, 0.25) is 5.91 Å². The van der Waals surface area contributed by atoms with E-state index in [2.05, 4.69) is 23.8 Å². The zero-order chi connectivity index (χ0) is 21.5. The Hall–Kier alpha value is -1.40. The number of thioether (sulfide) groups is 1. The van der Waals surface area contributed by atoms with Gasteiger partial charge >= 0.3 is 0 Å².